The number of rotatable bonds is 7. The third-order valence-corrected chi connectivity index (χ3v) is 6.54. The van der Waals surface area contributed by atoms with Gasteiger partial charge in [-0.3, -0.25) is 14.3 Å². The maximum atomic E-state index is 13.7. The number of methoxy groups -OCH3 is 1. The van der Waals surface area contributed by atoms with Crippen molar-refractivity contribution in [2.75, 3.05) is 33.4 Å². The van der Waals surface area contributed by atoms with Gasteiger partial charge in [0.1, 0.15) is 18.8 Å². The van der Waals surface area contributed by atoms with Crippen LogP contribution in [0.5, 0.6) is 11.5 Å². The summed E-state index contributed by atoms with van der Waals surface area (Å²) in [6, 6.07) is 15.9. The Morgan fingerprint density at radius 3 is 2.51 bits per heavy atom. The van der Waals surface area contributed by atoms with Crippen LogP contribution in [-0.4, -0.2) is 47.8 Å². The second-order valence-corrected chi connectivity index (χ2v) is 8.85. The molecule has 5 rings (SSSR count). The quantitative estimate of drug-likeness (QED) is 0.379. The molecule has 0 amide bonds. The van der Waals surface area contributed by atoms with Gasteiger partial charge in [0.05, 0.1) is 23.7 Å². The van der Waals surface area contributed by atoms with Crippen molar-refractivity contribution in [1.82, 2.24) is 14.5 Å². The summed E-state index contributed by atoms with van der Waals surface area (Å²) >= 11 is 0. The maximum absolute atomic E-state index is 13.7. The number of benzene rings is 3. The molecule has 1 saturated heterocycles. The highest BCUT2D eigenvalue weighted by Gasteiger charge is 2.14. The molecule has 6 nitrogen and oxygen atoms in total. The molecular weight excluding hydrogens is 445 g/mol. The van der Waals surface area contributed by atoms with Gasteiger partial charge in [-0.05, 0) is 85.9 Å². The summed E-state index contributed by atoms with van der Waals surface area (Å²) in [6.45, 7) is 5.46. The van der Waals surface area contributed by atoms with Crippen LogP contribution in [0.4, 0.5) is 4.39 Å². The van der Waals surface area contributed by atoms with Gasteiger partial charge < -0.3 is 9.47 Å². The van der Waals surface area contributed by atoms with E-state index in [0.29, 0.717) is 40.3 Å². The first-order chi connectivity index (χ1) is 17.0. The van der Waals surface area contributed by atoms with E-state index in [-0.39, 0.29) is 11.4 Å². The third-order valence-electron chi connectivity index (χ3n) is 6.54. The molecule has 180 valence electrons. The fourth-order valence-electron chi connectivity index (χ4n) is 4.53. The predicted octanol–water partition coefficient (Wildman–Crippen LogP) is 4.98. The Morgan fingerprint density at radius 2 is 1.74 bits per heavy atom. The zero-order valence-electron chi connectivity index (χ0n) is 20.0. The topological polar surface area (TPSA) is 56.6 Å². The summed E-state index contributed by atoms with van der Waals surface area (Å²) in [6.07, 6.45) is 4.02. The maximum Gasteiger partial charge on any atom is 0.265 e. The number of fused-ring (bicyclic) bond motifs is 1. The smallest absolute Gasteiger partial charge is 0.265 e. The molecule has 2 heterocycles. The van der Waals surface area contributed by atoms with Gasteiger partial charge in [-0.2, -0.15) is 0 Å². The molecule has 0 aliphatic carbocycles. The van der Waals surface area contributed by atoms with Gasteiger partial charge in [0.25, 0.3) is 5.56 Å². The summed E-state index contributed by atoms with van der Waals surface area (Å²) in [7, 11) is 1.59. The SMILES string of the molecule is COc1cc(-n2cnc3cc(-c4ccc(F)c(C)c4)ccc3c2=O)ccc1OCCN1CCCC1. The lowest BCUT2D eigenvalue weighted by Crippen LogP contribution is -2.25. The van der Waals surface area contributed by atoms with Crippen LogP contribution in [0.1, 0.15) is 18.4 Å². The Hall–Kier alpha value is -3.71. The second-order valence-electron chi connectivity index (χ2n) is 8.85. The Morgan fingerprint density at radius 1 is 0.971 bits per heavy atom. The van der Waals surface area contributed by atoms with Crippen LogP contribution in [0.25, 0.3) is 27.7 Å². The summed E-state index contributed by atoms with van der Waals surface area (Å²) in [4.78, 5) is 20.2. The molecule has 4 aromatic rings. The molecule has 1 fully saturated rings. The van der Waals surface area contributed by atoms with E-state index in [1.165, 1.54) is 29.8 Å². The minimum Gasteiger partial charge on any atom is -0.493 e. The predicted molar refractivity (Wildman–Crippen MR) is 135 cm³/mol. The first-order valence-electron chi connectivity index (χ1n) is 11.8. The van der Waals surface area contributed by atoms with E-state index >= 15 is 0 Å². The van der Waals surface area contributed by atoms with Crippen molar-refractivity contribution in [2.45, 2.75) is 19.8 Å². The number of aryl methyl sites for hydroxylation is 1. The van der Waals surface area contributed by atoms with Crippen molar-refractivity contribution >= 4 is 10.9 Å². The highest BCUT2D eigenvalue weighted by atomic mass is 19.1. The van der Waals surface area contributed by atoms with Crippen LogP contribution in [0, 0.1) is 12.7 Å². The van der Waals surface area contributed by atoms with Crippen LogP contribution >= 0.6 is 0 Å². The van der Waals surface area contributed by atoms with E-state index in [9.17, 15) is 9.18 Å². The summed E-state index contributed by atoms with van der Waals surface area (Å²) in [5.41, 5.74) is 3.38. The molecule has 0 spiro atoms. The summed E-state index contributed by atoms with van der Waals surface area (Å²) in [5, 5.41) is 0.500. The molecule has 0 bridgehead atoms. The normalized spacial score (nSPS) is 13.9. The Balaban J connectivity index is 1.41. The number of aromatic nitrogens is 2. The first-order valence-corrected chi connectivity index (χ1v) is 11.8. The molecule has 1 aliphatic heterocycles. The third kappa shape index (κ3) is 4.77. The number of nitrogens with zero attached hydrogens (tertiary/aromatic N) is 3. The van der Waals surface area contributed by atoms with Crippen molar-refractivity contribution in [1.29, 1.82) is 0 Å². The Kier molecular flexibility index (Phi) is 6.51. The highest BCUT2D eigenvalue weighted by Crippen LogP contribution is 2.30. The number of hydrogen-bond acceptors (Lipinski definition) is 5. The first kappa shape index (κ1) is 23.1. The van der Waals surface area contributed by atoms with Gasteiger partial charge in [-0.15, -0.1) is 0 Å². The average molecular weight is 474 g/mol. The molecule has 35 heavy (non-hydrogen) atoms. The van der Waals surface area contributed by atoms with Gasteiger partial charge in [-0.1, -0.05) is 12.1 Å². The molecule has 0 radical (unpaired) electrons. The van der Waals surface area contributed by atoms with E-state index < -0.39 is 0 Å². The van der Waals surface area contributed by atoms with Gasteiger partial charge in [-0.25, -0.2) is 9.37 Å². The van der Waals surface area contributed by atoms with E-state index in [1.54, 1.807) is 38.3 Å². The molecule has 7 heteroatoms. The zero-order valence-corrected chi connectivity index (χ0v) is 20.0. The van der Waals surface area contributed by atoms with Crippen LogP contribution in [0.2, 0.25) is 0 Å². The van der Waals surface area contributed by atoms with Crippen molar-refractivity contribution in [3.8, 4) is 28.3 Å². The van der Waals surface area contributed by atoms with Gasteiger partial charge in [0.15, 0.2) is 11.5 Å². The average Bonchev–Trinajstić information content (AvgIpc) is 3.39. The van der Waals surface area contributed by atoms with Gasteiger partial charge in [0, 0.05) is 12.6 Å². The summed E-state index contributed by atoms with van der Waals surface area (Å²) in [5.74, 6) is 0.975. The van der Waals surface area contributed by atoms with E-state index in [1.807, 2.05) is 24.3 Å². The second kappa shape index (κ2) is 9.88. The molecule has 0 N–H and O–H groups in total. The monoisotopic (exact) mass is 473 g/mol. The lowest BCUT2D eigenvalue weighted by Gasteiger charge is -2.17. The molecule has 1 aromatic heterocycles. The number of likely N-dealkylation sites (tertiary alicyclic amines) is 1. The number of ether oxygens (including phenoxy) is 2. The molecule has 1 aliphatic rings. The van der Waals surface area contributed by atoms with Crippen LogP contribution < -0.4 is 15.0 Å². The lowest BCUT2D eigenvalue weighted by atomic mass is 10.0. The fourth-order valence-corrected chi connectivity index (χ4v) is 4.53. The number of halogens is 1. The highest BCUT2D eigenvalue weighted by molar-refractivity contribution is 5.83. The van der Waals surface area contributed by atoms with Crippen molar-refractivity contribution in [3.63, 3.8) is 0 Å². The molecule has 0 saturated carbocycles. The van der Waals surface area contributed by atoms with E-state index in [4.69, 9.17) is 9.47 Å². The molecule has 0 unspecified atom stereocenters. The Labute approximate surface area is 203 Å². The molecule has 0 atom stereocenters. The van der Waals surface area contributed by atoms with Crippen molar-refractivity contribution in [2.24, 2.45) is 0 Å². The van der Waals surface area contributed by atoms with E-state index in [2.05, 4.69) is 9.88 Å². The van der Waals surface area contributed by atoms with E-state index in [0.717, 1.165) is 30.8 Å². The largest absolute Gasteiger partial charge is 0.493 e. The minimum absolute atomic E-state index is 0.179. The lowest BCUT2D eigenvalue weighted by molar-refractivity contribution is 0.230. The molecular formula is C28H28FN3O3. The number of hydrogen-bond donors (Lipinski definition) is 0. The van der Waals surface area contributed by atoms with Crippen LogP contribution in [0.15, 0.2) is 65.7 Å². The van der Waals surface area contributed by atoms with Crippen LogP contribution in [-0.2, 0) is 0 Å². The summed E-state index contributed by atoms with van der Waals surface area (Å²) < 4.78 is 26.7. The standard InChI is InChI=1S/C28H28FN3O3/c1-19-15-20(6-9-24(19)29)21-5-8-23-25(16-21)30-18-32(28(23)33)22-7-10-26(27(17-22)34-2)35-14-13-31-11-3-4-12-31/h5-10,15-18H,3-4,11-14H2,1-2H3. The molecule has 3 aromatic carbocycles. The fraction of sp³-hybridized carbons (Fsp3) is 0.286. The minimum atomic E-state index is -0.242. The van der Waals surface area contributed by atoms with Gasteiger partial charge >= 0.3 is 0 Å². The zero-order chi connectivity index (χ0) is 24.4. The van der Waals surface area contributed by atoms with Crippen LogP contribution in [0.3, 0.4) is 0 Å². The van der Waals surface area contributed by atoms with Crippen molar-refractivity contribution in [3.05, 3.63) is 82.7 Å². The van der Waals surface area contributed by atoms with Gasteiger partial charge in [0.2, 0.25) is 0 Å². The Bertz CT molecular complexity index is 1430. The van der Waals surface area contributed by atoms with Crippen molar-refractivity contribution < 1.29 is 13.9 Å².